The molecule has 0 spiro atoms. The smallest absolute Gasteiger partial charge is 0.475 e. The highest BCUT2D eigenvalue weighted by Gasteiger charge is 2.38. The molecular weight excluding hydrogens is 237 g/mol. The highest BCUT2D eigenvalue weighted by molar-refractivity contribution is 5.73. The molecular formula is C10H15F3N2O2. The van der Waals surface area contributed by atoms with Crippen molar-refractivity contribution in [2.75, 3.05) is 13.1 Å². The number of carboxylic acid groups (broad SMARTS) is 1. The molecule has 0 unspecified atom stereocenters. The summed E-state index contributed by atoms with van der Waals surface area (Å²) in [5.41, 5.74) is 0. The summed E-state index contributed by atoms with van der Waals surface area (Å²) in [6, 6.07) is 0. The fraction of sp³-hybridized carbons (Fsp3) is 0.600. The normalized spacial score (nSPS) is 14.2. The molecule has 0 amide bonds. The van der Waals surface area contributed by atoms with Gasteiger partial charge in [0.2, 0.25) is 0 Å². The van der Waals surface area contributed by atoms with Gasteiger partial charge in [-0.1, -0.05) is 13.3 Å². The summed E-state index contributed by atoms with van der Waals surface area (Å²) >= 11 is 0. The van der Waals surface area contributed by atoms with Crippen molar-refractivity contribution in [2.45, 2.75) is 25.9 Å². The van der Waals surface area contributed by atoms with E-state index in [9.17, 15) is 13.2 Å². The Morgan fingerprint density at radius 2 is 2.12 bits per heavy atom. The zero-order valence-electron chi connectivity index (χ0n) is 9.44. The van der Waals surface area contributed by atoms with Crippen LogP contribution >= 0.6 is 0 Å². The van der Waals surface area contributed by atoms with Gasteiger partial charge in [0.25, 0.3) is 0 Å². The van der Waals surface area contributed by atoms with Gasteiger partial charge in [-0.3, -0.25) is 4.99 Å². The van der Waals surface area contributed by atoms with Crippen molar-refractivity contribution in [1.82, 2.24) is 4.90 Å². The van der Waals surface area contributed by atoms with E-state index in [1.54, 1.807) is 0 Å². The molecule has 0 saturated heterocycles. The number of carbonyl (C=O) groups is 1. The van der Waals surface area contributed by atoms with Crippen molar-refractivity contribution in [2.24, 2.45) is 4.99 Å². The second-order valence-corrected chi connectivity index (χ2v) is 3.28. The first-order valence-corrected chi connectivity index (χ1v) is 5.10. The van der Waals surface area contributed by atoms with E-state index in [2.05, 4.69) is 23.0 Å². The summed E-state index contributed by atoms with van der Waals surface area (Å²) in [5, 5.41) is 7.12. The maximum absolute atomic E-state index is 10.6. The van der Waals surface area contributed by atoms with Crippen molar-refractivity contribution in [1.29, 1.82) is 0 Å². The Morgan fingerprint density at radius 1 is 1.53 bits per heavy atom. The number of halogens is 3. The molecule has 7 heteroatoms. The fourth-order valence-corrected chi connectivity index (χ4v) is 0.934. The van der Waals surface area contributed by atoms with Gasteiger partial charge in [0.1, 0.15) is 0 Å². The second-order valence-electron chi connectivity index (χ2n) is 3.28. The third-order valence-electron chi connectivity index (χ3n) is 1.83. The van der Waals surface area contributed by atoms with Gasteiger partial charge in [0.05, 0.1) is 6.54 Å². The van der Waals surface area contributed by atoms with Crippen LogP contribution in [0, 0.1) is 0 Å². The average Bonchev–Trinajstić information content (AvgIpc) is 2.27. The summed E-state index contributed by atoms with van der Waals surface area (Å²) in [6.45, 7) is 4.36. The number of aliphatic carboxylic acids is 1. The van der Waals surface area contributed by atoms with Crippen LogP contribution in [-0.4, -0.2) is 41.5 Å². The van der Waals surface area contributed by atoms with Crippen LogP contribution in [0.5, 0.6) is 0 Å². The first-order valence-electron chi connectivity index (χ1n) is 5.10. The molecule has 0 aromatic heterocycles. The lowest BCUT2D eigenvalue weighted by Crippen LogP contribution is -2.22. The van der Waals surface area contributed by atoms with Crippen molar-refractivity contribution in [3.8, 4) is 0 Å². The minimum atomic E-state index is -5.08. The van der Waals surface area contributed by atoms with Gasteiger partial charge in [-0.15, -0.1) is 0 Å². The average molecular weight is 252 g/mol. The minimum absolute atomic E-state index is 0.983. The monoisotopic (exact) mass is 252 g/mol. The highest BCUT2D eigenvalue weighted by Crippen LogP contribution is 2.13. The van der Waals surface area contributed by atoms with Crippen LogP contribution in [0.1, 0.15) is 19.8 Å². The zero-order chi connectivity index (χ0) is 13.3. The number of unbranched alkanes of at least 4 members (excludes halogenated alkanes) is 1. The van der Waals surface area contributed by atoms with Gasteiger partial charge < -0.3 is 10.0 Å². The van der Waals surface area contributed by atoms with Crippen LogP contribution in [0.3, 0.4) is 0 Å². The van der Waals surface area contributed by atoms with Crippen molar-refractivity contribution >= 4 is 12.2 Å². The standard InChI is InChI=1S/C8H14N2.C2HF3O2/c1-2-3-6-10-7-4-9-5-8-10;3-2(4,5)1(6)7/h4-5,7H,2-3,6,8H2,1H3;(H,6,7). The summed E-state index contributed by atoms with van der Waals surface area (Å²) in [7, 11) is 0. The van der Waals surface area contributed by atoms with Crippen LogP contribution in [-0.2, 0) is 4.79 Å². The topological polar surface area (TPSA) is 52.9 Å². The predicted octanol–water partition coefficient (Wildman–Crippen LogP) is 2.28. The zero-order valence-corrected chi connectivity index (χ0v) is 9.44. The lowest BCUT2D eigenvalue weighted by Gasteiger charge is -2.18. The Morgan fingerprint density at radius 3 is 2.47 bits per heavy atom. The molecule has 0 aliphatic carbocycles. The van der Waals surface area contributed by atoms with Crippen molar-refractivity contribution < 1.29 is 23.1 Å². The van der Waals surface area contributed by atoms with E-state index in [1.807, 2.05) is 12.4 Å². The Hall–Kier alpha value is -1.53. The molecule has 0 atom stereocenters. The summed E-state index contributed by atoms with van der Waals surface area (Å²) in [5.74, 6) is -2.76. The van der Waals surface area contributed by atoms with Gasteiger partial charge in [-0.25, -0.2) is 4.79 Å². The van der Waals surface area contributed by atoms with E-state index in [0.29, 0.717) is 0 Å². The molecule has 17 heavy (non-hydrogen) atoms. The maximum Gasteiger partial charge on any atom is 0.490 e. The molecule has 0 saturated carbocycles. The van der Waals surface area contributed by atoms with E-state index in [-0.39, 0.29) is 0 Å². The van der Waals surface area contributed by atoms with E-state index in [1.165, 1.54) is 19.4 Å². The van der Waals surface area contributed by atoms with Crippen LogP contribution in [0.25, 0.3) is 0 Å². The highest BCUT2D eigenvalue weighted by atomic mass is 19.4. The molecule has 98 valence electrons. The predicted molar refractivity (Wildman–Crippen MR) is 57.8 cm³/mol. The molecule has 4 nitrogen and oxygen atoms in total. The number of aliphatic imine (C=N–C) groups is 1. The van der Waals surface area contributed by atoms with E-state index in [0.717, 1.165) is 6.54 Å². The molecule has 0 bridgehead atoms. The first kappa shape index (κ1) is 15.5. The van der Waals surface area contributed by atoms with Crippen molar-refractivity contribution in [3.05, 3.63) is 12.4 Å². The number of hydrogen-bond donors (Lipinski definition) is 1. The van der Waals surface area contributed by atoms with Crippen LogP contribution in [0.2, 0.25) is 0 Å². The fourth-order valence-electron chi connectivity index (χ4n) is 0.934. The van der Waals surface area contributed by atoms with Crippen molar-refractivity contribution in [3.63, 3.8) is 0 Å². The molecule has 1 N–H and O–H groups in total. The number of nitrogens with zero attached hydrogens (tertiary/aromatic N) is 2. The molecule has 1 aliphatic heterocycles. The van der Waals surface area contributed by atoms with Gasteiger partial charge in [-0.05, 0) is 6.42 Å². The molecule has 0 aromatic carbocycles. The molecule has 1 aliphatic rings. The van der Waals surface area contributed by atoms with Gasteiger partial charge >= 0.3 is 12.1 Å². The van der Waals surface area contributed by atoms with Gasteiger partial charge in [0.15, 0.2) is 0 Å². The Labute approximate surface area is 97.4 Å². The van der Waals surface area contributed by atoms with Gasteiger partial charge in [0, 0.05) is 25.2 Å². The number of rotatable bonds is 3. The van der Waals surface area contributed by atoms with Crippen LogP contribution in [0.15, 0.2) is 17.4 Å². The van der Waals surface area contributed by atoms with Crippen LogP contribution < -0.4 is 0 Å². The van der Waals surface area contributed by atoms with E-state index < -0.39 is 12.1 Å². The number of alkyl halides is 3. The lowest BCUT2D eigenvalue weighted by atomic mass is 10.3. The van der Waals surface area contributed by atoms with E-state index >= 15 is 0 Å². The number of hydrogen-bond acceptors (Lipinski definition) is 3. The maximum atomic E-state index is 10.6. The van der Waals surface area contributed by atoms with Gasteiger partial charge in [-0.2, -0.15) is 13.2 Å². The molecule has 0 fully saturated rings. The molecule has 1 heterocycles. The largest absolute Gasteiger partial charge is 0.490 e. The second kappa shape index (κ2) is 7.70. The molecule has 0 radical (unpaired) electrons. The molecule has 0 aromatic rings. The third-order valence-corrected chi connectivity index (χ3v) is 1.83. The summed E-state index contributed by atoms with van der Waals surface area (Å²) in [6.07, 6.45) is 3.30. The Bertz CT molecular complexity index is 288. The van der Waals surface area contributed by atoms with Crippen LogP contribution in [0.4, 0.5) is 13.2 Å². The number of carboxylic acids is 1. The van der Waals surface area contributed by atoms with E-state index in [4.69, 9.17) is 9.90 Å². The Kier molecular flexibility index (Phi) is 7.00. The summed E-state index contributed by atoms with van der Waals surface area (Å²) < 4.78 is 31.7. The SMILES string of the molecule is CCCCN1C=CN=CC1.O=C(O)C(F)(F)F. The minimum Gasteiger partial charge on any atom is -0.475 e. The quantitative estimate of drug-likeness (QED) is 0.838. The third kappa shape index (κ3) is 8.29. The first-order chi connectivity index (χ1) is 7.88. The molecule has 1 rings (SSSR count). The lowest BCUT2D eigenvalue weighted by molar-refractivity contribution is -0.192. The summed E-state index contributed by atoms with van der Waals surface area (Å²) in [4.78, 5) is 15.2. The Balaban J connectivity index is 0.000000325.